The fourth-order valence-electron chi connectivity index (χ4n) is 1.47. The smallest absolute Gasteiger partial charge is 0.397 e. The van der Waals surface area contributed by atoms with Crippen LogP contribution in [0.4, 0.5) is 5.69 Å². The first-order chi connectivity index (χ1) is 9.13. The summed E-state index contributed by atoms with van der Waals surface area (Å²) >= 11 is 3.33. The third-order valence-electron chi connectivity index (χ3n) is 2.29. The highest BCUT2D eigenvalue weighted by Gasteiger charge is 2.17. The van der Waals surface area contributed by atoms with E-state index < -0.39 is 11.9 Å². The highest BCUT2D eigenvalue weighted by Crippen LogP contribution is 2.28. The zero-order valence-corrected chi connectivity index (χ0v) is 11.6. The minimum Gasteiger partial charge on any atom is -0.459 e. The summed E-state index contributed by atoms with van der Waals surface area (Å²) in [5.41, 5.74) is 1.72. The van der Waals surface area contributed by atoms with Crippen LogP contribution < -0.4 is 5.32 Å². The molecule has 0 aliphatic heterocycles. The van der Waals surface area contributed by atoms with Crippen LogP contribution in [0.1, 0.15) is 6.92 Å². The topological polar surface area (TPSA) is 81.2 Å². The number of hydrogen-bond acceptors (Lipinski definition) is 5. The van der Waals surface area contributed by atoms with E-state index in [0.717, 1.165) is 0 Å². The first kappa shape index (κ1) is 13.4. The number of halogens is 1. The summed E-state index contributed by atoms with van der Waals surface area (Å²) in [4.78, 5) is 31.1. The van der Waals surface area contributed by atoms with Gasteiger partial charge in [-0.1, -0.05) is 0 Å². The summed E-state index contributed by atoms with van der Waals surface area (Å²) in [6, 6.07) is 3.34. The summed E-state index contributed by atoms with van der Waals surface area (Å²) < 4.78 is 5.17. The highest BCUT2D eigenvalue weighted by molar-refractivity contribution is 9.10. The second kappa shape index (κ2) is 5.75. The molecule has 0 spiro atoms. The minimum absolute atomic E-state index is 0.149. The number of aromatic nitrogens is 2. The first-order valence-electron chi connectivity index (χ1n) is 5.50. The van der Waals surface area contributed by atoms with Crippen LogP contribution in [0.5, 0.6) is 0 Å². The molecule has 0 aliphatic carbocycles. The van der Waals surface area contributed by atoms with E-state index in [1.807, 2.05) is 0 Å². The molecule has 1 N–H and O–H groups in total. The molecule has 0 atom stereocenters. The van der Waals surface area contributed by atoms with Crippen molar-refractivity contribution in [3.8, 4) is 0 Å². The summed E-state index contributed by atoms with van der Waals surface area (Å²) in [5, 5.41) is 2.46. The van der Waals surface area contributed by atoms with Gasteiger partial charge >= 0.3 is 11.9 Å². The molecule has 0 bridgehead atoms. The van der Waals surface area contributed by atoms with E-state index in [-0.39, 0.29) is 6.61 Å². The summed E-state index contributed by atoms with van der Waals surface area (Å²) in [6.07, 6.45) is 3.12. The third kappa shape index (κ3) is 2.87. The predicted octanol–water partition coefficient (Wildman–Crippen LogP) is 1.89. The van der Waals surface area contributed by atoms with E-state index in [1.165, 1.54) is 0 Å². The van der Waals surface area contributed by atoms with Crippen LogP contribution in [0.2, 0.25) is 0 Å². The maximum Gasteiger partial charge on any atom is 0.397 e. The number of benzene rings is 1. The normalized spacial score (nSPS) is 10.2. The van der Waals surface area contributed by atoms with Crippen molar-refractivity contribution in [3.05, 3.63) is 29.0 Å². The Labute approximate surface area is 117 Å². The van der Waals surface area contributed by atoms with Crippen molar-refractivity contribution in [2.45, 2.75) is 6.92 Å². The Balaban J connectivity index is 2.29. The van der Waals surface area contributed by atoms with Gasteiger partial charge in [-0.25, -0.2) is 4.79 Å². The number of nitrogens with one attached hydrogen (secondary N) is 1. The Morgan fingerprint density at radius 3 is 2.79 bits per heavy atom. The number of nitrogens with zero attached hydrogens (tertiary/aromatic N) is 2. The molecule has 6 nitrogen and oxygen atoms in total. The van der Waals surface area contributed by atoms with Crippen LogP contribution in [0.15, 0.2) is 29.0 Å². The molecule has 0 fully saturated rings. The Hall–Kier alpha value is -2.02. The Kier molecular flexibility index (Phi) is 4.06. The molecule has 0 unspecified atom stereocenters. The van der Waals surface area contributed by atoms with Gasteiger partial charge in [0.2, 0.25) is 0 Å². The van der Waals surface area contributed by atoms with Crippen molar-refractivity contribution >= 4 is 44.5 Å². The van der Waals surface area contributed by atoms with E-state index in [1.54, 1.807) is 31.5 Å². The van der Waals surface area contributed by atoms with Gasteiger partial charge < -0.3 is 10.1 Å². The van der Waals surface area contributed by atoms with Crippen LogP contribution in [-0.2, 0) is 14.3 Å². The lowest BCUT2D eigenvalue weighted by Crippen LogP contribution is -2.25. The number of rotatable bonds is 2. The zero-order chi connectivity index (χ0) is 13.8. The fraction of sp³-hybridized carbons (Fsp3) is 0.167. The van der Waals surface area contributed by atoms with E-state index in [4.69, 9.17) is 0 Å². The van der Waals surface area contributed by atoms with Gasteiger partial charge in [-0.15, -0.1) is 0 Å². The largest absolute Gasteiger partial charge is 0.459 e. The van der Waals surface area contributed by atoms with Gasteiger partial charge in [-0.05, 0) is 35.0 Å². The summed E-state index contributed by atoms with van der Waals surface area (Å²) in [5.74, 6) is -1.75. The van der Waals surface area contributed by atoms with E-state index >= 15 is 0 Å². The SMILES string of the molecule is CCOC(=O)C(=O)Nc1ccc2nccnc2c1Br. The van der Waals surface area contributed by atoms with Gasteiger partial charge in [0.1, 0.15) is 5.52 Å². The lowest BCUT2D eigenvalue weighted by atomic mass is 10.2. The molecule has 0 saturated carbocycles. The molecule has 2 rings (SSSR count). The molecule has 1 heterocycles. The molecule has 0 saturated heterocycles. The number of anilines is 1. The minimum atomic E-state index is -0.923. The van der Waals surface area contributed by atoms with Crippen molar-refractivity contribution < 1.29 is 14.3 Å². The van der Waals surface area contributed by atoms with Crippen molar-refractivity contribution in [1.29, 1.82) is 0 Å². The lowest BCUT2D eigenvalue weighted by Gasteiger charge is -2.08. The Morgan fingerprint density at radius 1 is 1.32 bits per heavy atom. The quantitative estimate of drug-likeness (QED) is 0.674. The van der Waals surface area contributed by atoms with Crippen LogP contribution in [0.25, 0.3) is 11.0 Å². The first-order valence-corrected chi connectivity index (χ1v) is 6.30. The number of amides is 1. The van der Waals surface area contributed by atoms with Gasteiger partial charge in [-0.3, -0.25) is 14.8 Å². The molecule has 7 heteroatoms. The number of hydrogen-bond donors (Lipinski definition) is 1. The van der Waals surface area contributed by atoms with Crippen molar-refractivity contribution in [2.24, 2.45) is 0 Å². The highest BCUT2D eigenvalue weighted by atomic mass is 79.9. The number of fused-ring (bicyclic) bond motifs is 1. The maximum atomic E-state index is 11.5. The molecule has 0 radical (unpaired) electrons. The molecule has 0 aliphatic rings. The van der Waals surface area contributed by atoms with Crippen LogP contribution in [0, 0.1) is 0 Å². The molecular weight excluding hydrogens is 314 g/mol. The van der Waals surface area contributed by atoms with Crippen molar-refractivity contribution in [1.82, 2.24) is 9.97 Å². The van der Waals surface area contributed by atoms with Gasteiger partial charge in [0.25, 0.3) is 0 Å². The second-order valence-corrected chi connectivity index (χ2v) is 4.32. The van der Waals surface area contributed by atoms with Gasteiger partial charge in [0.15, 0.2) is 0 Å². The second-order valence-electron chi connectivity index (χ2n) is 3.53. The van der Waals surface area contributed by atoms with Crippen LogP contribution in [0.3, 0.4) is 0 Å². The van der Waals surface area contributed by atoms with E-state index in [2.05, 4.69) is 36.0 Å². The molecule has 2 aromatic rings. The third-order valence-corrected chi connectivity index (χ3v) is 3.09. The number of ether oxygens (including phenoxy) is 1. The molecule has 1 aromatic heterocycles. The van der Waals surface area contributed by atoms with Gasteiger partial charge in [0, 0.05) is 12.4 Å². The monoisotopic (exact) mass is 323 g/mol. The Morgan fingerprint density at radius 2 is 2.05 bits per heavy atom. The van der Waals surface area contributed by atoms with Crippen LogP contribution >= 0.6 is 15.9 Å². The number of carbonyl (C=O) groups excluding carboxylic acids is 2. The standard InChI is InChI=1S/C12H10BrN3O3/c1-2-19-12(18)11(17)16-7-3-4-8-10(9(7)13)15-6-5-14-8/h3-6H,2H2,1H3,(H,16,17). The maximum absolute atomic E-state index is 11.5. The van der Waals surface area contributed by atoms with Crippen LogP contribution in [-0.4, -0.2) is 28.5 Å². The van der Waals surface area contributed by atoms with E-state index in [0.29, 0.717) is 21.2 Å². The average Bonchev–Trinajstić information content (AvgIpc) is 2.42. The zero-order valence-electron chi connectivity index (χ0n) is 10.0. The molecule has 1 amide bonds. The Bertz CT molecular complexity index is 645. The number of carbonyl (C=O) groups is 2. The molecular formula is C12H10BrN3O3. The number of esters is 1. The van der Waals surface area contributed by atoms with Gasteiger partial charge in [0.05, 0.1) is 22.3 Å². The fourth-order valence-corrected chi connectivity index (χ4v) is 2.01. The summed E-state index contributed by atoms with van der Waals surface area (Å²) in [7, 11) is 0. The average molecular weight is 324 g/mol. The molecule has 98 valence electrons. The van der Waals surface area contributed by atoms with Gasteiger partial charge in [-0.2, -0.15) is 0 Å². The lowest BCUT2D eigenvalue weighted by molar-refractivity contribution is -0.152. The van der Waals surface area contributed by atoms with Crippen molar-refractivity contribution in [2.75, 3.05) is 11.9 Å². The summed E-state index contributed by atoms with van der Waals surface area (Å²) in [6.45, 7) is 1.78. The van der Waals surface area contributed by atoms with E-state index in [9.17, 15) is 9.59 Å². The van der Waals surface area contributed by atoms with Crippen molar-refractivity contribution in [3.63, 3.8) is 0 Å². The molecule has 19 heavy (non-hydrogen) atoms. The predicted molar refractivity (Wildman–Crippen MR) is 72.5 cm³/mol. The molecule has 1 aromatic carbocycles.